The molecule has 2 aromatic heterocycles. The molecule has 0 saturated heterocycles. The van der Waals surface area contributed by atoms with E-state index in [1.165, 1.54) is 24.8 Å². The van der Waals surface area contributed by atoms with Crippen LogP contribution in [0.2, 0.25) is 0 Å². The molecule has 78 valence electrons. The highest BCUT2D eigenvalue weighted by Crippen LogP contribution is 2.17. The van der Waals surface area contributed by atoms with Gasteiger partial charge in [0.1, 0.15) is 16.6 Å². The molecular weight excluding hydrogens is 226 g/mol. The second-order valence-corrected chi connectivity index (χ2v) is 3.72. The molecule has 2 heterocycles. The molecule has 2 rings (SSSR count). The van der Waals surface area contributed by atoms with Crippen LogP contribution in [0.25, 0.3) is 0 Å². The lowest BCUT2D eigenvalue weighted by atomic mass is 10.4. The first-order valence-corrected chi connectivity index (χ1v) is 5.04. The monoisotopic (exact) mass is 231 g/mol. The first kappa shape index (κ1) is 10.2. The van der Waals surface area contributed by atoms with Crippen molar-refractivity contribution >= 4 is 22.4 Å². The molecule has 0 radical (unpaired) electrons. The van der Waals surface area contributed by atoms with Crippen LogP contribution in [0.3, 0.4) is 0 Å². The van der Waals surface area contributed by atoms with Gasteiger partial charge in [0.15, 0.2) is 5.13 Å². The van der Waals surface area contributed by atoms with Gasteiger partial charge in [0.25, 0.3) is 5.91 Å². The van der Waals surface area contributed by atoms with Crippen molar-refractivity contribution in [1.82, 2.24) is 15.0 Å². The van der Waals surface area contributed by atoms with E-state index in [1.807, 2.05) is 6.07 Å². The van der Waals surface area contributed by atoms with Crippen molar-refractivity contribution in [3.05, 3.63) is 35.4 Å². The van der Waals surface area contributed by atoms with Gasteiger partial charge in [-0.25, -0.2) is 9.97 Å². The summed E-state index contributed by atoms with van der Waals surface area (Å²) in [4.78, 5) is 23.5. The molecule has 0 atom stereocenters. The molecule has 1 amide bonds. The number of nitrogens with zero attached hydrogens (tertiary/aromatic N) is 4. The smallest absolute Gasteiger partial charge is 0.277 e. The lowest BCUT2D eigenvalue weighted by Crippen LogP contribution is -2.13. The fraction of sp³-hybridized carbons (Fsp3) is 0. The van der Waals surface area contributed by atoms with Gasteiger partial charge >= 0.3 is 0 Å². The topological polar surface area (TPSA) is 91.6 Å². The van der Waals surface area contributed by atoms with E-state index < -0.39 is 5.91 Å². The number of carbonyl (C=O) groups is 1. The fourth-order valence-electron chi connectivity index (χ4n) is 0.961. The second kappa shape index (κ2) is 4.46. The molecule has 16 heavy (non-hydrogen) atoms. The second-order valence-electron chi connectivity index (χ2n) is 2.69. The molecule has 1 N–H and O–H groups in total. The summed E-state index contributed by atoms with van der Waals surface area (Å²) in [6.45, 7) is 0. The van der Waals surface area contributed by atoms with Crippen LogP contribution in [-0.4, -0.2) is 20.9 Å². The number of hydrogen-bond donors (Lipinski definition) is 1. The largest absolute Gasteiger partial charge is 0.296 e. The maximum absolute atomic E-state index is 11.6. The van der Waals surface area contributed by atoms with E-state index in [-0.39, 0.29) is 5.69 Å². The molecule has 0 bridgehead atoms. The normalized spacial score (nSPS) is 9.44. The highest BCUT2D eigenvalue weighted by atomic mass is 32.1. The maximum Gasteiger partial charge on any atom is 0.277 e. The Labute approximate surface area is 94.6 Å². The summed E-state index contributed by atoms with van der Waals surface area (Å²) in [6.07, 6.45) is 5.66. The number of nitrogens with one attached hydrogen (secondary N) is 1. The molecule has 0 unspecified atom stereocenters. The molecule has 6 nitrogen and oxygen atoms in total. The van der Waals surface area contributed by atoms with Crippen molar-refractivity contribution in [2.45, 2.75) is 0 Å². The maximum atomic E-state index is 11.6. The SMILES string of the molecule is N#Cc1cnc(NC(=O)c2cnccn2)s1. The molecule has 0 saturated carbocycles. The van der Waals surface area contributed by atoms with E-state index in [1.54, 1.807) is 0 Å². The summed E-state index contributed by atoms with van der Waals surface area (Å²) in [6, 6.07) is 1.94. The van der Waals surface area contributed by atoms with Crippen LogP contribution in [0.4, 0.5) is 5.13 Å². The number of nitriles is 1. The summed E-state index contributed by atoms with van der Waals surface area (Å²) in [5.41, 5.74) is 0.205. The van der Waals surface area contributed by atoms with Gasteiger partial charge in [-0.2, -0.15) is 5.26 Å². The average molecular weight is 231 g/mol. The van der Waals surface area contributed by atoms with Crippen molar-refractivity contribution in [2.24, 2.45) is 0 Å². The molecular formula is C9H5N5OS. The zero-order valence-corrected chi connectivity index (χ0v) is 8.73. The quantitative estimate of drug-likeness (QED) is 0.834. The van der Waals surface area contributed by atoms with E-state index in [0.29, 0.717) is 10.0 Å². The predicted molar refractivity (Wildman–Crippen MR) is 56.8 cm³/mol. The minimum absolute atomic E-state index is 0.205. The van der Waals surface area contributed by atoms with Gasteiger partial charge in [-0.3, -0.25) is 15.1 Å². The highest BCUT2D eigenvalue weighted by molar-refractivity contribution is 7.16. The number of aromatic nitrogens is 3. The van der Waals surface area contributed by atoms with Crippen molar-refractivity contribution in [1.29, 1.82) is 5.26 Å². The number of hydrogen-bond acceptors (Lipinski definition) is 6. The molecule has 0 aliphatic rings. The van der Waals surface area contributed by atoms with Crippen LogP contribution in [0.1, 0.15) is 15.4 Å². The highest BCUT2D eigenvalue weighted by Gasteiger charge is 2.09. The Bertz CT molecular complexity index is 545. The molecule has 0 aliphatic carbocycles. The van der Waals surface area contributed by atoms with Gasteiger partial charge in [-0.1, -0.05) is 11.3 Å². The Kier molecular flexibility index (Phi) is 2.84. The van der Waals surface area contributed by atoms with Gasteiger partial charge in [-0.15, -0.1) is 0 Å². The van der Waals surface area contributed by atoms with E-state index in [9.17, 15) is 4.79 Å². The van der Waals surface area contributed by atoms with Crippen molar-refractivity contribution in [3.8, 4) is 6.07 Å². The van der Waals surface area contributed by atoms with Crippen LogP contribution < -0.4 is 5.32 Å². The minimum atomic E-state index is -0.396. The standard InChI is InChI=1S/C9H5N5OS/c10-3-6-4-13-9(16-6)14-8(15)7-5-11-1-2-12-7/h1-2,4-5H,(H,13,14,15). The van der Waals surface area contributed by atoms with Crippen LogP contribution in [0.15, 0.2) is 24.8 Å². The van der Waals surface area contributed by atoms with Crippen LogP contribution >= 0.6 is 11.3 Å². The summed E-state index contributed by atoms with van der Waals surface area (Å²) >= 11 is 1.10. The van der Waals surface area contributed by atoms with E-state index in [4.69, 9.17) is 5.26 Å². The molecule has 0 aromatic carbocycles. The Hall–Kier alpha value is -2.33. The summed E-state index contributed by atoms with van der Waals surface area (Å²) in [7, 11) is 0. The number of carbonyl (C=O) groups excluding carboxylic acids is 1. The first-order valence-electron chi connectivity index (χ1n) is 4.23. The zero-order valence-electron chi connectivity index (χ0n) is 7.91. The molecule has 0 aliphatic heterocycles. The van der Waals surface area contributed by atoms with Gasteiger partial charge in [0.2, 0.25) is 0 Å². The summed E-state index contributed by atoms with van der Waals surface area (Å²) in [5, 5.41) is 11.5. The lowest BCUT2D eigenvalue weighted by Gasteiger charge is -1.98. The zero-order chi connectivity index (χ0) is 11.4. The van der Waals surface area contributed by atoms with Crippen molar-refractivity contribution < 1.29 is 4.79 Å². The third kappa shape index (κ3) is 2.18. The molecule has 0 spiro atoms. The van der Waals surface area contributed by atoms with E-state index in [2.05, 4.69) is 20.3 Å². The summed E-state index contributed by atoms with van der Waals surface area (Å²) in [5.74, 6) is -0.396. The van der Waals surface area contributed by atoms with Crippen LogP contribution in [-0.2, 0) is 0 Å². The Balaban J connectivity index is 2.11. The van der Waals surface area contributed by atoms with Gasteiger partial charge in [-0.05, 0) is 0 Å². The van der Waals surface area contributed by atoms with Crippen LogP contribution in [0, 0.1) is 11.3 Å². The predicted octanol–water partition coefficient (Wildman–Crippen LogP) is 1.06. The van der Waals surface area contributed by atoms with Gasteiger partial charge in [0.05, 0.1) is 12.4 Å². The Morgan fingerprint density at radius 1 is 1.38 bits per heavy atom. The lowest BCUT2D eigenvalue weighted by molar-refractivity contribution is 0.102. The van der Waals surface area contributed by atoms with Crippen LogP contribution in [0.5, 0.6) is 0 Å². The number of anilines is 1. The molecule has 2 aromatic rings. The fourth-order valence-corrected chi connectivity index (χ4v) is 1.57. The summed E-state index contributed by atoms with van der Waals surface area (Å²) < 4.78 is 0. The third-order valence-electron chi connectivity index (χ3n) is 1.63. The van der Waals surface area contributed by atoms with Gasteiger partial charge < -0.3 is 0 Å². The number of rotatable bonds is 2. The Morgan fingerprint density at radius 3 is 2.88 bits per heavy atom. The Morgan fingerprint density at radius 2 is 2.25 bits per heavy atom. The average Bonchev–Trinajstić information content (AvgIpc) is 2.78. The van der Waals surface area contributed by atoms with Gasteiger partial charge in [0, 0.05) is 12.4 Å². The van der Waals surface area contributed by atoms with Crippen molar-refractivity contribution in [3.63, 3.8) is 0 Å². The molecule has 0 fully saturated rings. The number of amides is 1. The van der Waals surface area contributed by atoms with Crippen molar-refractivity contribution in [2.75, 3.05) is 5.32 Å². The van der Waals surface area contributed by atoms with E-state index >= 15 is 0 Å². The molecule has 7 heteroatoms. The van der Waals surface area contributed by atoms with E-state index in [0.717, 1.165) is 11.3 Å². The third-order valence-corrected chi connectivity index (χ3v) is 2.45. The first-order chi connectivity index (χ1) is 7.79. The number of thiazole rings is 1. The minimum Gasteiger partial charge on any atom is -0.296 e.